The van der Waals surface area contributed by atoms with Crippen LogP contribution in [0.4, 0.5) is 0 Å². The molecule has 0 unspecified atom stereocenters. The van der Waals surface area contributed by atoms with E-state index in [0.29, 0.717) is 29.6 Å². The van der Waals surface area contributed by atoms with E-state index in [1.54, 1.807) is 11.7 Å². The standard InChI is InChI=1S/C20H27N5O2S/c1-13(2)10-25-16-7-8-24(20(27)17-9-21-12-28-17)11-15(16)18(23-25)19(26)22-14-5-3-4-6-14/h9,12-14H,3-8,10-11H2,1-2H3,(H,22,26). The number of hydrogen-bond acceptors (Lipinski definition) is 5. The van der Waals surface area contributed by atoms with Crippen molar-refractivity contribution in [2.45, 2.75) is 65.1 Å². The molecule has 8 heteroatoms. The molecule has 2 aromatic heterocycles. The number of thiazole rings is 1. The topological polar surface area (TPSA) is 80.1 Å². The van der Waals surface area contributed by atoms with E-state index in [4.69, 9.17) is 0 Å². The second kappa shape index (κ2) is 8.03. The van der Waals surface area contributed by atoms with Crippen LogP contribution in [0, 0.1) is 5.92 Å². The molecule has 7 nitrogen and oxygen atoms in total. The third kappa shape index (κ3) is 3.83. The summed E-state index contributed by atoms with van der Waals surface area (Å²) in [6.45, 7) is 6.14. The molecule has 150 valence electrons. The van der Waals surface area contributed by atoms with E-state index in [9.17, 15) is 9.59 Å². The minimum atomic E-state index is -0.0993. The number of carbonyl (C=O) groups is 2. The molecule has 1 saturated carbocycles. The van der Waals surface area contributed by atoms with Gasteiger partial charge < -0.3 is 10.2 Å². The molecule has 0 bridgehead atoms. The molecule has 1 aliphatic carbocycles. The monoisotopic (exact) mass is 401 g/mol. The van der Waals surface area contributed by atoms with Crippen LogP contribution in [0.3, 0.4) is 0 Å². The average Bonchev–Trinajstić information content (AvgIpc) is 3.42. The molecule has 1 fully saturated rings. The van der Waals surface area contributed by atoms with Gasteiger partial charge in [-0.2, -0.15) is 5.10 Å². The first-order valence-corrected chi connectivity index (χ1v) is 11.0. The first-order chi connectivity index (χ1) is 13.5. The Hall–Kier alpha value is -2.22. The highest BCUT2D eigenvalue weighted by atomic mass is 32.1. The summed E-state index contributed by atoms with van der Waals surface area (Å²) in [6.07, 6.45) is 6.74. The van der Waals surface area contributed by atoms with Gasteiger partial charge in [-0.05, 0) is 18.8 Å². The molecule has 1 N–H and O–H groups in total. The van der Waals surface area contributed by atoms with Gasteiger partial charge in [-0.1, -0.05) is 26.7 Å². The summed E-state index contributed by atoms with van der Waals surface area (Å²) in [5.41, 5.74) is 4.16. The van der Waals surface area contributed by atoms with Gasteiger partial charge in [0.05, 0.1) is 18.3 Å². The molecule has 3 heterocycles. The molecule has 2 amide bonds. The number of amides is 2. The maximum Gasteiger partial charge on any atom is 0.272 e. The Balaban J connectivity index is 1.60. The molecule has 0 spiro atoms. The van der Waals surface area contributed by atoms with Gasteiger partial charge in [0.15, 0.2) is 5.69 Å². The second-order valence-corrected chi connectivity index (χ2v) is 9.03. The summed E-state index contributed by atoms with van der Waals surface area (Å²) in [4.78, 5) is 32.2. The Labute approximate surface area is 169 Å². The predicted octanol–water partition coefficient (Wildman–Crippen LogP) is 2.87. The van der Waals surface area contributed by atoms with Crippen LogP contribution in [0.25, 0.3) is 0 Å². The van der Waals surface area contributed by atoms with Crippen molar-refractivity contribution < 1.29 is 9.59 Å². The summed E-state index contributed by atoms with van der Waals surface area (Å²) in [5.74, 6) is 0.316. The average molecular weight is 402 g/mol. The lowest BCUT2D eigenvalue weighted by atomic mass is 10.0. The van der Waals surface area contributed by atoms with Crippen LogP contribution >= 0.6 is 11.3 Å². The normalized spacial score (nSPS) is 17.2. The Morgan fingerprint density at radius 3 is 2.79 bits per heavy atom. The number of nitrogens with zero attached hydrogens (tertiary/aromatic N) is 4. The van der Waals surface area contributed by atoms with Crippen LogP contribution in [0.1, 0.15) is 70.9 Å². The van der Waals surface area contributed by atoms with Gasteiger partial charge in [-0.15, -0.1) is 11.3 Å². The molecule has 28 heavy (non-hydrogen) atoms. The van der Waals surface area contributed by atoms with Crippen LogP contribution in [0.15, 0.2) is 11.7 Å². The number of aromatic nitrogens is 3. The molecule has 0 atom stereocenters. The first-order valence-electron chi connectivity index (χ1n) is 10.1. The number of fused-ring (bicyclic) bond motifs is 1. The van der Waals surface area contributed by atoms with Crippen LogP contribution in [-0.2, 0) is 19.5 Å². The molecule has 0 saturated heterocycles. The molecular formula is C20H27N5O2S. The van der Waals surface area contributed by atoms with E-state index in [-0.39, 0.29) is 17.9 Å². The number of carbonyl (C=O) groups excluding carboxylic acids is 2. The minimum absolute atomic E-state index is 0.0214. The van der Waals surface area contributed by atoms with Gasteiger partial charge in [-0.25, -0.2) is 0 Å². The molecular weight excluding hydrogens is 374 g/mol. The summed E-state index contributed by atoms with van der Waals surface area (Å²) in [5, 5.41) is 7.84. The quantitative estimate of drug-likeness (QED) is 0.835. The molecule has 1 aliphatic heterocycles. The minimum Gasteiger partial charge on any atom is -0.348 e. The largest absolute Gasteiger partial charge is 0.348 e. The number of nitrogens with one attached hydrogen (secondary N) is 1. The zero-order chi connectivity index (χ0) is 19.7. The van der Waals surface area contributed by atoms with Gasteiger partial charge in [0, 0.05) is 36.8 Å². The van der Waals surface area contributed by atoms with Crippen molar-refractivity contribution in [2.24, 2.45) is 5.92 Å². The first kappa shape index (κ1) is 19.1. The van der Waals surface area contributed by atoms with Gasteiger partial charge in [-0.3, -0.25) is 19.3 Å². The number of rotatable bonds is 5. The van der Waals surface area contributed by atoms with E-state index in [2.05, 4.69) is 29.2 Å². The third-order valence-electron chi connectivity index (χ3n) is 5.51. The van der Waals surface area contributed by atoms with E-state index < -0.39 is 0 Å². The Kier molecular flexibility index (Phi) is 5.48. The van der Waals surface area contributed by atoms with Gasteiger partial charge in [0.1, 0.15) is 4.88 Å². The Morgan fingerprint density at radius 1 is 1.32 bits per heavy atom. The summed E-state index contributed by atoms with van der Waals surface area (Å²) in [7, 11) is 0. The lowest BCUT2D eigenvalue weighted by Gasteiger charge is -2.27. The predicted molar refractivity (Wildman–Crippen MR) is 107 cm³/mol. The van der Waals surface area contributed by atoms with Crippen molar-refractivity contribution in [1.82, 2.24) is 25.0 Å². The summed E-state index contributed by atoms with van der Waals surface area (Å²) >= 11 is 1.35. The highest BCUT2D eigenvalue weighted by Crippen LogP contribution is 2.26. The van der Waals surface area contributed by atoms with E-state index in [1.165, 1.54) is 24.2 Å². The SMILES string of the molecule is CC(C)Cn1nc(C(=O)NC2CCCC2)c2c1CCN(C(=O)c1cncs1)C2. The van der Waals surface area contributed by atoms with Crippen LogP contribution in [0.5, 0.6) is 0 Å². The lowest BCUT2D eigenvalue weighted by Crippen LogP contribution is -2.38. The fourth-order valence-electron chi connectivity index (χ4n) is 4.14. The Bertz CT molecular complexity index is 852. The fourth-order valence-corrected chi connectivity index (χ4v) is 4.73. The maximum atomic E-state index is 13.0. The summed E-state index contributed by atoms with van der Waals surface area (Å²) in [6, 6.07) is 0.247. The van der Waals surface area contributed by atoms with Crippen LogP contribution in [0.2, 0.25) is 0 Å². The molecule has 2 aromatic rings. The molecule has 0 radical (unpaired) electrons. The molecule has 4 rings (SSSR count). The van der Waals surface area contributed by atoms with Gasteiger partial charge in [0.25, 0.3) is 11.8 Å². The maximum absolute atomic E-state index is 13.0. The van der Waals surface area contributed by atoms with Gasteiger partial charge in [0.2, 0.25) is 0 Å². The second-order valence-electron chi connectivity index (χ2n) is 8.15. The third-order valence-corrected chi connectivity index (χ3v) is 6.27. The van der Waals surface area contributed by atoms with Crippen molar-refractivity contribution in [3.63, 3.8) is 0 Å². The van der Waals surface area contributed by atoms with Gasteiger partial charge >= 0.3 is 0 Å². The van der Waals surface area contributed by atoms with Crippen molar-refractivity contribution in [3.8, 4) is 0 Å². The van der Waals surface area contributed by atoms with E-state index in [0.717, 1.165) is 37.1 Å². The fraction of sp³-hybridized carbons (Fsp3) is 0.600. The van der Waals surface area contributed by atoms with Crippen molar-refractivity contribution in [2.75, 3.05) is 6.54 Å². The van der Waals surface area contributed by atoms with Crippen LogP contribution < -0.4 is 5.32 Å². The highest BCUT2D eigenvalue weighted by molar-refractivity contribution is 7.11. The van der Waals surface area contributed by atoms with Crippen molar-refractivity contribution in [1.29, 1.82) is 0 Å². The summed E-state index contributed by atoms with van der Waals surface area (Å²) < 4.78 is 1.98. The molecule has 0 aromatic carbocycles. The lowest BCUT2D eigenvalue weighted by molar-refractivity contribution is 0.0734. The zero-order valence-corrected chi connectivity index (χ0v) is 17.3. The smallest absolute Gasteiger partial charge is 0.272 e. The highest BCUT2D eigenvalue weighted by Gasteiger charge is 2.32. The molecule has 2 aliphatic rings. The number of hydrogen-bond donors (Lipinski definition) is 1. The van der Waals surface area contributed by atoms with E-state index in [1.807, 2.05) is 9.58 Å². The Morgan fingerprint density at radius 2 is 2.11 bits per heavy atom. The zero-order valence-electron chi connectivity index (χ0n) is 16.5. The van der Waals surface area contributed by atoms with Crippen molar-refractivity contribution >= 4 is 23.2 Å². The van der Waals surface area contributed by atoms with Crippen LogP contribution in [-0.4, -0.2) is 44.1 Å². The van der Waals surface area contributed by atoms with E-state index >= 15 is 0 Å². The van der Waals surface area contributed by atoms with Crippen molar-refractivity contribution in [3.05, 3.63) is 33.5 Å².